The molecule has 1 heterocycles. The van der Waals surface area contributed by atoms with Crippen LogP contribution in [0.3, 0.4) is 0 Å². The summed E-state index contributed by atoms with van der Waals surface area (Å²) in [5, 5.41) is 5.14. The SMILES string of the molecule is c1ccc2cc3cc4scnc4cc3cc2c1. The zero-order valence-electron chi connectivity index (χ0n) is 9.05. The highest BCUT2D eigenvalue weighted by Gasteiger charge is 2.02. The second-order valence-electron chi connectivity index (χ2n) is 4.22. The van der Waals surface area contributed by atoms with Gasteiger partial charge in [-0.05, 0) is 45.8 Å². The van der Waals surface area contributed by atoms with Gasteiger partial charge in [-0.15, -0.1) is 11.3 Å². The minimum absolute atomic E-state index is 1.10. The lowest BCUT2D eigenvalue weighted by molar-refractivity contribution is 1.51. The van der Waals surface area contributed by atoms with Crippen LogP contribution in [0.15, 0.2) is 54.0 Å². The van der Waals surface area contributed by atoms with Gasteiger partial charge >= 0.3 is 0 Å². The number of rotatable bonds is 0. The van der Waals surface area contributed by atoms with E-state index in [1.165, 1.54) is 26.2 Å². The van der Waals surface area contributed by atoms with Crippen molar-refractivity contribution in [1.82, 2.24) is 4.98 Å². The summed E-state index contributed by atoms with van der Waals surface area (Å²) in [4.78, 5) is 4.37. The van der Waals surface area contributed by atoms with Crippen LogP contribution in [0.25, 0.3) is 31.8 Å². The summed E-state index contributed by atoms with van der Waals surface area (Å²) in [6.07, 6.45) is 0. The van der Waals surface area contributed by atoms with Gasteiger partial charge in [0, 0.05) is 0 Å². The Hall–Kier alpha value is -1.93. The maximum atomic E-state index is 4.37. The molecule has 0 radical (unpaired) electrons. The van der Waals surface area contributed by atoms with Crippen molar-refractivity contribution in [2.45, 2.75) is 0 Å². The van der Waals surface area contributed by atoms with Crippen LogP contribution in [-0.2, 0) is 0 Å². The standard InChI is InChI=1S/C15H9NS/c1-2-4-11-6-13-8-15-14(16-9-17-15)7-12(13)5-10(11)3-1/h1-9H. The van der Waals surface area contributed by atoms with Crippen molar-refractivity contribution < 1.29 is 0 Å². The topological polar surface area (TPSA) is 12.9 Å². The summed E-state index contributed by atoms with van der Waals surface area (Å²) in [5.41, 5.74) is 3.00. The molecule has 0 N–H and O–H groups in total. The third-order valence-electron chi connectivity index (χ3n) is 3.15. The molecule has 0 atom stereocenters. The van der Waals surface area contributed by atoms with E-state index in [0.29, 0.717) is 0 Å². The predicted molar refractivity (Wildman–Crippen MR) is 74.6 cm³/mol. The lowest BCUT2D eigenvalue weighted by atomic mass is 10.0. The van der Waals surface area contributed by atoms with E-state index in [4.69, 9.17) is 0 Å². The van der Waals surface area contributed by atoms with Crippen LogP contribution in [0.4, 0.5) is 0 Å². The van der Waals surface area contributed by atoms with Gasteiger partial charge in [0.05, 0.1) is 15.7 Å². The van der Waals surface area contributed by atoms with E-state index in [9.17, 15) is 0 Å². The van der Waals surface area contributed by atoms with Crippen molar-refractivity contribution in [3.63, 3.8) is 0 Å². The molecule has 0 unspecified atom stereocenters. The van der Waals surface area contributed by atoms with Crippen molar-refractivity contribution in [3.05, 3.63) is 54.0 Å². The predicted octanol–water partition coefficient (Wildman–Crippen LogP) is 4.60. The van der Waals surface area contributed by atoms with Gasteiger partial charge in [0.15, 0.2) is 0 Å². The molecule has 0 aliphatic rings. The first-order chi connectivity index (χ1) is 8.40. The van der Waals surface area contributed by atoms with Gasteiger partial charge in [0.25, 0.3) is 0 Å². The first-order valence-electron chi connectivity index (χ1n) is 5.56. The van der Waals surface area contributed by atoms with Crippen LogP contribution >= 0.6 is 11.3 Å². The average Bonchev–Trinajstić information content (AvgIpc) is 2.80. The molecule has 0 aliphatic heterocycles. The lowest BCUT2D eigenvalue weighted by Gasteiger charge is -2.02. The molecular weight excluding hydrogens is 226 g/mol. The highest BCUT2D eigenvalue weighted by molar-refractivity contribution is 7.16. The Morgan fingerprint density at radius 2 is 1.47 bits per heavy atom. The second-order valence-corrected chi connectivity index (χ2v) is 5.11. The molecule has 1 aromatic heterocycles. The van der Waals surface area contributed by atoms with Crippen LogP contribution < -0.4 is 0 Å². The fourth-order valence-electron chi connectivity index (χ4n) is 2.29. The molecule has 0 fully saturated rings. The normalized spacial score (nSPS) is 11.5. The summed E-state index contributed by atoms with van der Waals surface area (Å²) in [6, 6.07) is 17.4. The number of benzene rings is 3. The zero-order valence-corrected chi connectivity index (χ0v) is 9.87. The van der Waals surface area contributed by atoms with E-state index >= 15 is 0 Å². The minimum atomic E-state index is 1.10. The fraction of sp³-hybridized carbons (Fsp3) is 0. The van der Waals surface area contributed by atoms with Crippen molar-refractivity contribution in [2.75, 3.05) is 0 Å². The Morgan fingerprint density at radius 3 is 2.24 bits per heavy atom. The summed E-state index contributed by atoms with van der Waals surface area (Å²) in [7, 11) is 0. The van der Waals surface area contributed by atoms with E-state index < -0.39 is 0 Å². The quantitative estimate of drug-likeness (QED) is 0.406. The van der Waals surface area contributed by atoms with Gasteiger partial charge < -0.3 is 0 Å². The van der Waals surface area contributed by atoms with Gasteiger partial charge in [0.2, 0.25) is 0 Å². The number of fused-ring (bicyclic) bond motifs is 3. The minimum Gasteiger partial charge on any atom is -0.245 e. The Balaban J connectivity index is 2.23. The maximum Gasteiger partial charge on any atom is 0.0818 e. The summed E-state index contributed by atoms with van der Waals surface area (Å²) in [5.74, 6) is 0. The molecule has 4 rings (SSSR count). The molecule has 1 nitrogen and oxygen atoms in total. The number of hydrogen-bond acceptors (Lipinski definition) is 2. The molecule has 0 amide bonds. The van der Waals surface area contributed by atoms with Crippen LogP contribution in [0, 0.1) is 0 Å². The molecule has 3 aromatic carbocycles. The van der Waals surface area contributed by atoms with Gasteiger partial charge in [0.1, 0.15) is 0 Å². The Morgan fingerprint density at radius 1 is 0.765 bits per heavy atom. The summed E-state index contributed by atoms with van der Waals surface area (Å²) < 4.78 is 1.26. The number of nitrogens with zero attached hydrogens (tertiary/aromatic N) is 1. The van der Waals surface area contributed by atoms with E-state index in [-0.39, 0.29) is 0 Å². The molecular formula is C15H9NS. The molecule has 80 valence electrons. The zero-order chi connectivity index (χ0) is 11.2. The maximum absolute atomic E-state index is 4.37. The smallest absolute Gasteiger partial charge is 0.0818 e. The largest absolute Gasteiger partial charge is 0.245 e. The van der Waals surface area contributed by atoms with Gasteiger partial charge in [-0.3, -0.25) is 0 Å². The van der Waals surface area contributed by atoms with E-state index in [2.05, 4.69) is 53.5 Å². The number of aromatic nitrogens is 1. The molecule has 0 aliphatic carbocycles. The molecule has 4 aromatic rings. The Labute approximate surface area is 102 Å². The fourth-order valence-corrected chi connectivity index (χ4v) is 3.00. The van der Waals surface area contributed by atoms with E-state index in [0.717, 1.165) is 5.52 Å². The van der Waals surface area contributed by atoms with Gasteiger partial charge in [-0.1, -0.05) is 24.3 Å². The summed E-state index contributed by atoms with van der Waals surface area (Å²) >= 11 is 1.70. The number of thiazole rings is 1. The Bertz CT molecular complexity index is 776. The first-order valence-corrected chi connectivity index (χ1v) is 6.44. The van der Waals surface area contributed by atoms with Crippen LogP contribution in [0.1, 0.15) is 0 Å². The Kier molecular flexibility index (Phi) is 1.76. The molecule has 2 heteroatoms. The summed E-state index contributed by atoms with van der Waals surface area (Å²) in [6.45, 7) is 0. The van der Waals surface area contributed by atoms with Crippen LogP contribution in [0.2, 0.25) is 0 Å². The monoisotopic (exact) mass is 235 g/mol. The third-order valence-corrected chi connectivity index (χ3v) is 3.95. The van der Waals surface area contributed by atoms with Crippen molar-refractivity contribution in [2.24, 2.45) is 0 Å². The second kappa shape index (κ2) is 3.28. The molecule has 0 saturated carbocycles. The van der Waals surface area contributed by atoms with E-state index in [1.54, 1.807) is 11.3 Å². The van der Waals surface area contributed by atoms with Gasteiger partial charge in [-0.2, -0.15) is 0 Å². The van der Waals surface area contributed by atoms with Crippen molar-refractivity contribution >= 4 is 43.1 Å². The average molecular weight is 235 g/mol. The highest BCUT2D eigenvalue weighted by Crippen LogP contribution is 2.28. The van der Waals surface area contributed by atoms with E-state index in [1.807, 2.05) is 5.51 Å². The molecule has 0 bridgehead atoms. The van der Waals surface area contributed by atoms with Crippen molar-refractivity contribution in [1.29, 1.82) is 0 Å². The van der Waals surface area contributed by atoms with Crippen molar-refractivity contribution in [3.8, 4) is 0 Å². The lowest BCUT2D eigenvalue weighted by Crippen LogP contribution is -1.76. The number of hydrogen-bond donors (Lipinski definition) is 0. The first kappa shape index (κ1) is 9.14. The molecule has 17 heavy (non-hydrogen) atoms. The third kappa shape index (κ3) is 1.34. The molecule has 0 saturated heterocycles. The van der Waals surface area contributed by atoms with Crippen LogP contribution in [0.5, 0.6) is 0 Å². The highest BCUT2D eigenvalue weighted by atomic mass is 32.1. The van der Waals surface area contributed by atoms with Crippen LogP contribution in [-0.4, -0.2) is 4.98 Å². The van der Waals surface area contributed by atoms with Gasteiger partial charge in [-0.25, -0.2) is 4.98 Å². The molecule has 0 spiro atoms.